The van der Waals surface area contributed by atoms with E-state index >= 15 is 0 Å². The molecule has 0 amide bonds. The molecule has 3 aromatic heterocycles. The Morgan fingerprint density at radius 2 is 1.74 bits per heavy atom. The summed E-state index contributed by atoms with van der Waals surface area (Å²) < 4.78 is 17.2. The third-order valence-corrected chi connectivity index (χ3v) is 5.79. The largest absolute Gasteiger partial charge is 0.497 e. The molecule has 0 aliphatic heterocycles. The van der Waals surface area contributed by atoms with Crippen molar-refractivity contribution >= 4 is 16.9 Å². The van der Waals surface area contributed by atoms with E-state index in [1.807, 2.05) is 49.4 Å². The van der Waals surface area contributed by atoms with E-state index in [1.165, 1.54) is 9.13 Å². The van der Waals surface area contributed by atoms with Crippen molar-refractivity contribution in [2.75, 3.05) is 20.3 Å². The fourth-order valence-corrected chi connectivity index (χ4v) is 3.92. The first-order valence-electron chi connectivity index (χ1n) is 10.3. The molecule has 0 aliphatic rings. The van der Waals surface area contributed by atoms with Crippen LogP contribution in [0.3, 0.4) is 0 Å². The maximum atomic E-state index is 13.3. The smallest absolute Gasteiger partial charge is 0.332 e. The van der Waals surface area contributed by atoms with Crippen LogP contribution in [0.25, 0.3) is 16.9 Å². The highest BCUT2D eigenvalue weighted by atomic mass is 16.5. The van der Waals surface area contributed by atoms with Gasteiger partial charge in [-0.15, -0.1) is 0 Å². The predicted octanol–water partition coefficient (Wildman–Crippen LogP) is 1.86. The van der Waals surface area contributed by atoms with Gasteiger partial charge in [-0.3, -0.25) is 18.3 Å². The molecule has 9 nitrogen and oxygen atoms in total. The standard InChI is InChI=1S/C22H27N5O4/c1-6-31-12-11-25-20(28)18-19(24(4)22(25)29)23-21-26(14(2)15(3)27(18)21)13-16-7-9-17(30-5)10-8-16/h7-10H,6,11-13H2,1-5H3. The summed E-state index contributed by atoms with van der Waals surface area (Å²) in [6.07, 6.45) is 0. The lowest BCUT2D eigenvalue weighted by atomic mass is 10.2. The van der Waals surface area contributed by atoms with Gasteiger partial charge in [-0.25, -0.2) is 4.79 Å². The highest BCUT2D eigenvalue weighted by Gasteiger charge is 2.22. The van der Waals surface area contributed by atoms with Gasteiger partial charge in [0.1, 0.15) is 5.75 Å². The van der Waals surface area contributed by atoms with Gasteiger partial charge in [0.15, 0.2) is 11.2 Å². The zero-order valence-electron chi connectivity index (χ0n) is 18.5. The Hall–Kier alpha value is -3.33. The van der Waals surface area contributed by atoms with Gasteiger partial charge in [-0.05, 0) is 38.5 Å². The lowest BCUT2D eigenvalue weighted by Crippen LogP contribution is -2.40. The second kappa shape index (κ2) is 8.07. The highest BCUT2D eigenvalue weighted by Crippen LogP contribution is 2.22. The number of benzene rings is 1. The summed E-state index contributed by atoms with van der Waals surface area (Å²) in [5.74, 6) is 1.43. The van der Waals surface area contributed by atoms with Crippen LogP contribution in [0.5, 0.6) is 5.75 Å². The number of nitrogens with zero attached hydrogens (tertiary/aromatic N) is 5. The van der Waals surface area contributed by atoms with E-state index in [9.17, 15) is 9.59 Å². The minimum atomic E-state index is -0.394. The van der Waals surface area contributed by atoms with E-state index in [0.29, 0.717) is 36.7 Å². The number of imidazole rings is 2. The molecular formula is C22H27N5O4. The van der Waals surface area contributed by atoms with Crippen LogP contribution in [-0.2, 0) is 24.9 Å². The summed E-state index contributed by atoms with van der Waals surface area (Å²) in [5, 5.41) is 0. The zero-order chi connectivity index (χ0) is 22.3. The third-order valence-electron chi connectivity index (χ3n) is 5.79. The quantitative estimate of drug-likeness (QED) is 0.422. The van der Waals surface area contributed by atoms with E-state index in [4.69, 9.17) is 14.5 Å². The first kappa shape index (κ1) is 20.9. The van der Waals surface area contributed by atoms with Gasteiger partial charge in [-0.2, -0.15) is 4.98 Å². The minimum absolute atomic E-state index is 0.201. The molecule has 0 aliphatic carbocycles. The fraction of sp³-hybridized carbons (Fsp3) is 0.409. The summed E-state index contributed by atoms with van der Waals surface area (Å²) in [6, 6.07) is 7.84. The van der Waals surface area contributed by atoms with Crippen molar-refractivity contribution in [1.29, 1.82) is 0 Å². The number of fused-ring (bicyclic) bond motifs is 3. The molecule has 0 bridgehead atoms. The van der Waals surface area contributed by atoms with Crippen molar-refractivity contribution in [2.45, 2.75) is 33.9 Å². The SMILES string of the molecule is CCOCCn1c(=O)c2c(nc3n(Cc4ccc(OC)cc4)c(C)c(C)n23)n(C)c1=O. The third kappa shape index (κ3) is 3.34. The van der Waals surface area contributed by atoms with Crippen molar-refractivity contribution in [3.05, 3.63) is 62.1 Å². The molecule has 0 spiro atoms. The normalized spacial score (nSPS) is 11.6. The van der Waals surface area contributed by atoms with Gasteiger partial charge >= 0.3 is 5.69 Å². The van der Waals surface area contributed by atoms with E-state index in [0.717, 1.165) is 22.7 Å². The van der Waals surface area contributed by atoms with Crippen molar-refractivity contribution in [3.8, 4) is 5.75 Å². The van der Waals surface area contributed by atoms with Crippen LogP contribution in [0.4, 0.5) is 0 Å². The topological polar surface area (TPSA) is 84.7 Å². The fourth-order valence-electron chi connectivity index (χ4n) is 3.92. The van der Waals surface area contributed by atoms with Crippen LogP contribution in [-0.4, -0.2) is 43.4 Å². The maximum absolute atomic E-state index is 13.3. The summed E-state index contributed by atoms with van der Waals surface area (Å²) in [7, 11) is 3.28. The van der Waals surface area contributed by atoms with Crippen molar-refractivity contribution in [1.82, 2.24) is 23.1 Å². The average molecular weight is 425 g/mol. The molecule has 0 unspecified atom stereocenters. The second-order valence-electron chi connectivity index (χ2n) is 7.52. The number of rotatable bonds is 7. The predicted molar refractivity (Wildman–Crippen MR) is 118 cm³/mol. The Morgan fingerprint density at radius 1 is 1.03 bits per heavy atom. The molecule has 9 heteroatoms. The number of methoxy groups -OCH3 is 1. The number of aryl methyl sites for hydroxylation is 2. The molecule has 4 rings (SSSR count). The molecule has 0 radical (unpaired) electrons. The van der Waals surface area contributed by atoms with Crippen LogP contribution >= 0.6 is 0 Å². The molecule has 4 aromatic rings. The van der Waals surface area contributed by atoms with Gasteiger partial charge < -0.3 is 14.0 Å². The Morgan fingerprint density at radius 3 is 2.39 bits per heavy atom. The van der Waals surface area contributed by atoms with E-state index in [-0.39, 0.29) is 12.1 Å². The van der Waals surface area contributed by atoms with Crippen LogP contribution in [0, 0.1) is 13.8 Å². The van der Waals surface area contributed by atoms with Crippen molar-refractivity contribution in [3.63, 3.8) is 0 Å². The number of hydrogen-bond acceptors (Lipinski definition) is 5. The Kier molecular flexibility index (Phi) is 5.45. The number of ether oxygens (including phenoxy) is 2. The van der Waals surface area contributed by atoms with Crippen LogP contribution in [0.2, 0.25) is 0 Å². The molecule has 1 aromatic carbocycles. The molecule has 164 valence electrons. The van der Waals surface area contributed by atoms with Gasteiger partial charge in [-0.1, -0.05) is 12.1 Å². The van der Waals surface area contributed by atoms with E-state index in [1.54, 1.807) is 14.2 Å². The van der Waals surface area contributed by atoms with Crippen LogP contribution in [0.1, 0.15) is 23.9 Å². The van der Waals surface area contributed by atoms with E-state index in [2.05, 4.69) is 4.57 Å². The number of aromatic nitrogens is 5. The lowest BCUT2D eigenvalue weighted by molar-refractivity contribution is 0.137. The van der Waals surface area contributed by atoms with Crippen molar-refractivity contribution in [2.24, 2.45) is 7.05 Å². The minimum Gasteiger partial charge on any atom is -0.497 e. The maximum Gasteiger partial charge on any atom is 0.332 e. The van der Waals surface area contributed by atoms with Gasteiger partial charge in [0.25, 0.3) is 5.56 Å². The molecule has 0 fully saturated rings. The van der Waals surface area contributed by atoms with Gasteiger partial charge in [0, 0.05) is 25.0 Å². The first-order valence-corrected chi connectivity index (χ1v) is 10.3. The second-order valence-corrected chi connectivity index (χ2v) is 7.52. The molecule has 0 saturated carbocycles. The molecule has 0 atom stereocenters. The molecule has 31 heavy (non-hydrogen) atoms. The highest BCUT2D eigenvalue weighted by molar-refractivity contribution is 5.76. The molecule has 3 heterocycles. The lowest BCUT2D eigenvalue weighted by Gasteiger charge is -2.09. The Labute approximate surface area is 179 Å². The monoisotopic (exact) mass is 425 g/mol. The van der Waals surface area contributed by atoms with Crippen LogP contribution in [0.15, 0.2) is 33.9 Å². The summed E-state index contributed by atoms with van der Waals surface area (Å²) in [6.45, 7) is 7.46. The summed E-state index contributed by atoms with van der Waals surface area (Å²) >= 11 is 0. The summed E-state index contributed by atoms with van der Waals surface area (Å²) in [4.78, 5) is 30.8. The summed E-state index contributed by atoms with van der Waals surface area (Å²) in [5.41, 5.74) is 3.04. The number of hydrogen-bond donors (Lipinski definition) is 0. The van der Waals surface area contributed by atoms with Gasteiger partial charge in [0.2, 0.25) is 5.78 Å². The molecule has 0 saturated heterocycles. The van der Waals surface area contributed by atoms with E-state index < -0.39 is 5.69 Å². The average Bonchev–Trinajstić information content (AvgIpc) is 3.27. The Balaban J connectivity index is 1.91. The van der Waals surface area contributed by atoms with Gasteiger partial charge in [0.05, 0.1) is 26.8 Å². The Bertz CT molecular complexity index is 1370. The first-order chi connectivity index (χ1) is 14.9. The van der Waals surface area contributed by atoms with Crippen LogP contribution < -0.4 is 16.0 Å². The van der Waals surface area contributed by atoms with Crippen molar-refractivity contribution < 1.29 is 9.47 Å². The molecule has 0 N–H and O–H groups in total. The zero-order valence-corrected chi connectivity index (χ0v) is 18.5. The molecular weight excluding hydrogens is 398 g/mol.